The minimum atomic E-state index is -4.23. The molecule has 0 aliphatic heterocycles. The average Bonchev–Trinajstić information content (AvgIpc) is 3.02. The second-order valence-electron chi connectivity index (χ2n) is 9.91. The van der Waals surface area contributed by atoms with Crippen molar-refractivity contribution >= 4 is 39.1 Å². The predicted octanol–water partition coefficient (Wildman–Crippen LogP) is 5.84. The fourth-order valence-corrected chi connectivity index (χ4v) is 6.15. The number of nitrogens with zero attached hydrogens (tertiary/aromatic N) is 2. The van der Waals surface area contributed by atoms with Crippen molar-refractivity contribution in [3.8, 4) is 0 Å². The van der Waals surface area contributed by atoms with Crippen LogP contribution in [0.3, 0.4) is 0 Å². The van der Waals surface area contributed by atoms with Gasteiger partial charge in [0.25, 0.3) is 10.0 Å². The fraction of sp³-hybridized carbons (Fsp3) is 0.212. The number of carbonyl (C=O) groups is 2. The van der Waals surface area contributed by atoms with Crippen LogP contribution in [-0.4, -0.2) is 44.3 Å². The summed E-state index contributed by atoms with van der Waals surface area (Å²) in [7, 11) is -4.23. The van der Waals surface area contributed by atoms with E-state index in [2.05, 4.69) is 5.32 Å². The van der Waals surface area contributed by atoms with E-state index in [4.69, 9.17) is 11.6 Å². The lowest BCUT2D eigenvalue weighted by Crippen LogP contribution is -2.53. The van der Waals surface area contributed by atoms with Crippen LogP contribution in [0.25, 0.3) is 0 Å². The Bertz CT molecular complexity index is 1620. The highest BCUT2D eigenvalue weighted by atomic mass is 35.5. The zero-order valence-corrected chi connectivity index (χ0v) is 25.3. The van der Waals surface area contributed by atoms with Gasteiger partial charge in [-0.1, -0.05) is 85.3 Å². The molecule has 0 aliphatic carbocycles. The van der Waals surface area contributed by atoms with Crippen LogP contribution in [-0.2, 0) is 32.6 Å². The van der Waals surface area contributed by atoms with Crippen molar-refractivity contribution in [3.63, 3.8) is 0 Å². The summed E-state index contributed by atoms with van der Waals surface area (Å²) in [6.07, 6.45) is 0.813. The smallest absolute Gasteiger partial charge is 0.264 e. The van der Waals surface area contributed by atoms with Crippen LogP contribution in [0.2, 0.25) is 5.02 Å². The Morgan fingerprint density at radius 3 is 2.09 bits per heavy atom. The van der Waals surface area contributed by atoms with Crippen molar-refractivity contribution in [2.75, 3.05) is 17.4 Å². The minimum absolute atomic E-state index is 0.0140. The van der Waals surface area contributed by atoms with Gasteiger partial charge in [-0.15, -0.1) is 0 Å². The molecule has 0 radical (unpaired) electrons. The molecule has 10 heteroatoms. The van der Waals surface area contributed by atoms with Crippen LogP contribution in [0, 0.1) is 5.82 Å². The normalized spacial score (nSPS) is 11.9. The van der Waals surface area contributed by atoms with Gasteiger partial charge >= 0.3 is 0 Å². The molecule has 224 valence electrons. The summed E-state index contributed by atoms with van der Waals surface area (Å²) in [5.41, 5.74) is 1.19. The average molecular weight is 622 g/mol. The number of carbonyl (C=O) groups excluding carboxylic acids is 2. The number of benzene rings is 4. The molecule has 1 N–H and O–H groups in total. The van der Waals surface area contributed by atoms with Gasteiger partial charge in [-0.3, -0.25) is 13.9 Å². The largest absolute Gasteiger partial charge is 0.354 e. The maximum absolute atomic E-state index is 14.9. The van der Waals surface area contributed by atoms with Crippen LogP contribution in [0.4, 0.5) is 10.1 Å². The number of hydrogen-bond donors (Lipinski definition) is 1. The molecule has 7 nitrogen and oxygen atoms in total. The molecule has 0 aromatic heterocycles. The van der Waals surface area contributed by atoms with Crippen molar-refractivity contribution in [2.24, 2.45) is 0 Å². The number of amides is 2. The van der Waals surface area contributed by atoms with E-state index < -0.39 is 40.2 Å². The monoisotopic (exact) mass is 621 g/mol. The van der Waals surface area contributed by atoms with E-state index in [0.29, 0.717) is 18.0 Å². The minimum Gasteiger partial charge on any atom is -0.354 e. The molecule has 0 bridgehead atoms. The van der Waals surface area contributed by atoms with Gasteiger partial charge in [0.2, 0.25) is 11.8 Å². The van der Waals surface area contributed by atoms with Crippen molar-refractivity contribution in [2.45, 2.75) is 37.2 Å². The lowest BCUT2D eigenvalue weighted by molar-refractivity contribution is -0.140. The summed E-state index contributed by atoms with van der Waals surface area (Å²) in [5.74, 6) is -1.64. The molecule has 2 amide bonds. The Labute approximate surface area is 257 Å². The molecule has 4 rings (SSSR count). The fourth-order valence-electron chi connectivity index (χ4n) is 4.59. The highest BCUT2D eigenvalue weighted by Crippen LogP contribution is 2.26. The van der Waals surface area contributed by atoms with Crippen molar-refractivity contribution < 1.29 is 22.4 Å². The van der Waals surface area contributed by atoms with E-state index >= 15 is 0 Å². The molecule has 0 unspecified atom stereocenters. The molecule has 4 aromatic rings. The quantitative estimate of drug-likeness (QED) is 0.203. The molecule has 43 heavy (non-hydrogen) atoms. The second-order valence-corrected chi connectivity index (χ2v) is 12.2. The van der Waals surface area contributed by atoms with E-state index in [1.54, 1.807) is 24.3 Å². The molecule has 1 atom stereocenters. The van der Waals surface area contributed by atoms with Gasteiger partial charge in [-0.2, -0.15) is 0 Å². The first-order valence-electron chi connectivity index (χ1n) is 13.9. The molecule has 0 saturated carbocycles. The van der Waals surface area contributed by atoms with Crippen LogP contribution >= 0.6 is 11.6 Å². The van der Waals surface area contributed by atoms with E-state index in [1.165, 1.54) is 59.5 Å². The number of rotatable bonds is 13. The topological polar surface area (TPSA) is 86.8 Å². The number of hydrogen-bond acceptors (Lipinski definition) is 4. The number of halogens is 2. The Kier molecular flexibility index (Phi) is 10.9. The summed E-state index contributed by atoms with van der Waals surface area (Å²) in [6, 6.07) is 28.0. The first-order valence-corrected chi connectivity index (χ1v) is 15.7. The molecule has 0 spiro atoms. The lowest BCUT2D eigenvalue weighted by atomic mass is 10.0. The van der Waals surface area contributed by atoms with Crippen molar-refractivity contribution in [1.82, 2.24) is 10.2 Å². The Morgan fingerprint density at radius 1 is 0.860 bits per heavy atom. The first-order chi connectivity index (χ1) is 20.7. The SMILES string of the molecule is CCCNC(=O)[C@@H](Cc1ccccc1)N(Cc1ccccc1F)C(=O)CN(c1ccc(Cl)cc1)S(=O)(=O)c1ccccc1. The van der Waals surface area contributed by atoms with Crippen molar-refractivity contribution in [1.29, 1.82) is 0 Å². The van der Waals surface area contributed by atoms with Gasteiger partial charge in [0.05, 0.1) is 10.6 Å². The van der Waals surface area contributed by atoms with Gasteiger partial charge in [-0.05, 0) is 54.4 Å². The highest BCUT2D eigenvalue weighted by molar-refractivity contribution is 7.92. The maximum Gasteiger partial charge on any atom is 0.264 e. The van der Waals surface area contributed by atoms with Crippen LogP contribution < -0.4 is 9.62 Å². The summed E-state index contributed by atoms with van der Waals surface area (Å²) >= 11 is 6.08. The molecule has 0 fully saturated rings. The summed E-state index contributed by atoms with van der Waals surface area (Å²) < 4.78 is 43.7. The Balaban J connectivity index is 1.79. The number of anilines is 1. The molecular weight excluding hydrogens is 589 g/mol. The van der Waals surface area contributed by atoms with Gasteiger partial charge in [0.15, 0.2) is 0 Å². The Morgan fingerprint density at radius 2 is 1.47 bits per heavy atom. The number of nitrogens with one attached hydrogen (secondary N) is 1. The number of sulfonamides is 1. The third-order valence-corrected chi connectivity index (χ3v) is 8.88. The third kappa shape index (κ3) is 8.21. The van der Waals surface area contributed by atoms with Gasteiger partial charge in [0.1, 0.15) is 18.4 Å². The summed E-state index contributed by atoms with van der Waals surface area (Å²) in [5, 5.41) is 3.26. The van der Waals surface area contributed by atoms with E-state index in [1.807, 2.05) is 37.3 Å². The zero-order chi connectivity index (χ0) is 30.8. The molecular formula is C33H33ClFN3O4S. The zero-order valence-electron chi connectivity index (χ0n) is 23.7. The Hall–Kier alpha value is -4.21. The molecule has 0 saturated heterocycles. The highest BCUT2D eigenvalue weighted by Gasteiger charge is 2.34. The molecule has 4 aromatic carbocycles. The van der Waals surface area contributed by atoms with E-state index in [-0.39, 0.29) is 29.1 Å². The standard InChI is InChI=1S/C33H33ClFN3O4S/c1-2-21-36-33(40)31(22-25-11-5-3-6-12-25)37(23-26-13-9-10-16-30(26)35)32(39)24-38(28-19-17-27(34)18-20-28)43(41,42)29-14-7-4-8-15-29/h3-20,31H,2,21-24H2,1H3,(H,36,40)/t31-/m1/s1. The molecule has 0 aliphatic rings. The van der Waals surface area contributed by atoms with Gasteiger partial charge < -0.3 is 10.2 Å². The molecule has 0 heterocycles. The van der Waals surface area contributed by atoms with Crippen molar-refractivity contribution in [3.05, 3.63) is 131 Å². The van der Waals surface area contributed by atoms with Crippen LogP contribution in [0.1, 0.15) is 24.5 Å². The van der Waals surface area contributed by atoms with Gasteiger partial charge in [0, 0.05) is 30.1 Å². The third-order valence-electron chi connectivity index (χ3n) is 6.84. The summed E-state index contributed by atoms with van der Waals surface area (Å²) in [4.78, 5) is 29.1. The first kappa shape index (κ1) is 31.7. The van der Waals surface area contributed by atoms with Crippen LogP contribution in [0.15, 0.2) is 114 Å². The predicted molar refractivity (Wildman–Crippen MR) is 167 cm³/mol. The van der Waals surface area contributed by atoms with Crippen LogP contribution in [0.5, 0.6) is 0 Å². The van der Waals surface area contributed by atoms with E-state index in [9.17, 15) is 22.4 Å². The van der Waals surface area contributed by atoms with Gasteiger partial charge in [-0.25, -0.2) is 12.8 Å². The second kappa shape index (κ2) is 14.8. The van der Waals surface area contributed by atoms with E-state index in [0.717, 1.165) is 9.87 Å². The lowest BCUT2D eigenvalue weighted by Gasteiger charge is -2.34. The summed E-state index contributed by atoms with van der Waals surface area (Å²) in [6.45, 7) is 1.40. The maximum atomic E-state index is 14.9.